The third kappa shape index (κ3) is 6.73. The molecule has 0 radical (unpaired) electrons. The van der Waals surface area contributed by atoms with Gasteiger partial charge in [0.25, 0.3) is 0 Å². The van der Waals surface area contributed by atoms with Crippen LogP contribution in [0.4, 0.5) is 5.69 Å². The van der Waals surface area contributed by atoms with Crippen molar-refractivity contribution >= 4 is 11.6 Å². The molecule has 0 aliphatic heterocycles. The fraction of sp³-hybridized carbons (Fsp3) is 0.409. The van der Waals surface area contributed by atoms with Crippen LogP contribution in [0.2, 0.25) is 0 Å². The maximum absolute atomic E-state index is 5.76. The second-order valence-corrected chi connectivity index (χ2v) is 6.31. The molecule has 0 aliphatic carbocycles. The van der Waals surface area contributed by atoms with E-state index in [1.807, 2.05) is 36.4 Å². The first-order valence-corrected chi connectivity index (χ1v) is 9.63. The number of methoxy groups -OCH3 is 4. The Bertz CT molecular complexity index is 801. The predicted molar refractivity (Wildman–Crippen MR) is 118 cm³/mol. The molecule has 2 N–H and O–H groups in total. The van der Waals surface area contributed by atoms with Crippen LogP contribution in [-0.4, -0.2) is 54.7 Å². The van der Waals surface area contributed by atoms with Crippen LogP contribution in [0.3, 0.4) is 0 Å². The maximum Gasteiger partial charge on any atom is 0.203 e. The van der Waals surface area contributed by atoms with Gasteiger partial charge in [-0.15, -0.1) is 0 Å². The molecule has 0 spiro atoms. The van der Waals surface area contributed by atoms with Gasteiger partial charge in [0.05, 0.1) is 27.9 Å². The highest BCUT2D eigenvalue weighted by Gasteiger charge is 2.14. The summed E-state index contributed by atoms with van der Waals surface area (Å²) in [7, 11) is 8.13. The summed E-state index contributed by atoms with van der Waals surface area (Å²) in [5.41, 5.74) is 1.83. The monoisotopic (exact) mass is 417 g/mol. The number of benzene rings is 2. The largest absolute Gasteiger partial charge is 0.493 e. The molecule has 0 atom stereocenters. The zero-order chi connectivity index (χ0) is 21.8. The van der Waals surface area contributed by atoms with E-state index in [-0.39, 0.29) is 0 Å². The number of rotatable bonds is 11. The summed E-state index contributed by atoms with van der Waals surface area (Å²) in [4.78, 5) is 4.28. The van der Waals surface area contributed by atoms with Crippen molar-refractivity contribution in [2.75, 3.05) is 54.0 Å². The molecule has 2 rings (SSSR count). The van der Waals surface area contributed by atoms with Crippen LogP contribution in [-0.2, 0) is 11.3 Å². The summed E-state index contributed by atoms with van der Waals surface area (Å²) in [5.74, 6) is 3.10. The van der Waals surface area contributed by atoms with E-state index in [9.17, 15) is 0 Å². The standard InChI is InChI=1S/C22H31N3O5/c1-23-22(25-17-13-19(27-3)21(29-5)20(14-17)28-4)24-15-16-8-6-9-18(12-16)30-11-7-10-26-2/h6,8-9,12-14H,7,10-11,15H2,1-5H3,(H2,23,24,25). The van der Waals surface area contributed by atoms with Crippen molar-refractivity contribution in [3.63, 3.8) is 0 Å². The molecular formula is C22H31N3O5. The first-order valence-electron chi connectivity index (χ1n) is 9.63. The fourth-order valence-corrected chi connectivity index (χ4v) is 2.79. The van der Waals surface area contributed by atoms with E-state index in [0.29, 0.717) is 43.0 Å². The molecule has 0 heterocycles. The Morgan fingerprint density at radius 3 is 2.27 bits per heavy atom. The van der Waals surface area contributed by atoms with Gasteiger partial charge in [-0.1, -0.05) is 12.1 Å². The summed E-state index contributed by atoms with van der Waals surface area (Å²) in [6.45, 7) is 1.89. The van der Waals surface area contributed by atoms with E-state index in [1.165, 1.54) is 0 Å². The van der Waals surface area contributed by atoms with Crippen molar-refractivity contribution in [3.8, 4) is 23.0 Å². The van der Waals surface area contributed by atoms with Gasteiger partial charge in [0.2, 0.25) is 5.75 Å². The van der Waals surface area contributed by atoms with Gasteiger partial charge in [0, 0.05) is 51.6 Å². The molecule has 0 amide bonds. The van der Waals surface area contributed by atoms with E-state index in [2.05, 4.69) is 15.6 Å². The molecule has 2 aromatic carbocycles. The molecular weight excluding hydrogens is 386 g/mol. The minimum Gasteiger partial charge on any atom is -0.493 e. The Kier molecular flexibility index (Phi) is 9.60. The van der Waals surface area contributed by atoms with Gasteiger partial charge < -0.3 is 34.3 Å². The smallest absolute Gasteiger partial charge is 0.203 e. The number of nitrogens with one attached hydrogen (secondary N) is 2. The number of anilines is 1. The third-order valence-electron chi connectivity index (χ3n) is 4.27. The Labute approximate surface area is 178 Å². The van der Waals surface area contributed by atoms with E-state index in [1.54, 1.807) is 35.5 Å². The topological polar surface area (TPSA) is 82.6 Å². The Balaban J connectivity index is 2.00. The van der Waals surface area contributed by atoms with Crippen molar-refractivity contribution in [3.05, 3.63) is 42.0 Å². The summed E-state index contributed by atoms with van der Waals surface area (Å²) in [6, 6.07) is 11.6. The number of guanidine groups is 1. The molecule has 0 saturated carbocycles. The van der Waals surface area contributed by atoms with Gasteiger partial charge in [0.1, 0.15) is 5.75 Å². The zero-order valence-corrected chi connectivity index (χ0v) is 18.3. The fourth-order valence-electron chi connectivity index (χ4n) is 2.79. The lowest BCUT2D eigenvalue weighted by Gasteiger charge is -2.16. The van der Waals surface area contributed by atoms with Gasteiger partial charge in [-0.05, 0) is 17.7 Å². The second-order valence-electron chi connectivity index (χ2n) is 6.31. The Morgan fingerprint density at radius 1 is 0.933 bits per heavy atom. The average molecular weight is 418 g/mol. The van der Waals surface area contributed by atoms with Gasteiger partial charge in [0.15, 0.2) is 17.5 Å². The number of hydrogen-bond donors (Lipinski definition) is 2. The van der Waals surface area contributed by atoms with Crippen LogP contribution in [0, 0.1) is 0 Å². The van der Waals surface area contributed by atoms with Crippen LogP contribution >= 0.6 is 0 Å². The molecule has 30 heavy (non-hydrogen) atoms. The number of aliphatic imine (C=N–C) groups is 1. The number of ether oxygens (including phenoxy) is 5. The van der Waals surface area contributed by atoms with Crippen LogP contribution < -0.4 is 29.6 Å². The maximum atomic E-state index is 5.76. The van der Waals surface area contributed by atoms with Crippen molar-refractivity contribution in [2.24, 2.45) is 4.99 Å². The molecule has 0 unspecified atom stereocenters. The van der Waals surface area contributed by atoms with E-state index >= 15 is 0 Å². The van der Waals surface area contributed by atoms with Crippen molar-refractivity contribution in [1.29, 1.82) is 0 Å². The summed E-state index contributed by atoms with van der Waals surface area (Å²) in [6.07, 6.45) is 0.852. The SMILES string of the molecule is CN=C(NCc1cccc(OCCCOC)c1)Nc1cc(OC)c(OC)c(OC)c1. The Morgan fingerprint density at radius 2 is 1.67 bits per heavy atom. The first-order chi connectivity index (χ1) is 14.6. The van der Waals surface area contributed by atoms with Crippen LogP contribution in [0.25, 0.3) is 0 Å². The lowest BCUT2D eigenvalue weighted by atomic mass is 10.2. The third-order valence-corrected chi connectivity index (χ3v) is 4.27. The number of hydrogen-bond acceptors (Lipinski definition) is 6. The molecule has 0 aromatic heterocycles. The lowest BCUT2D eigenvalue weighted by Crippen LogP contribution is -2.30. The van der Waals surface area contributed by atoms with Crippen LogP contribution in [0.5, 0.6) is 23.0 Å². The average Bonchev–Trinajstić information content (AvgIpc) is 2.78. The first kappa shape index (κ1) is 23.2. The normalized spacial score (nSPS) is 11.0. The zero-order valence-electron chi connectivity index (χ0n) is 18.3. The van der Waals surface area contributed by atoms with Gasteiger partial charge in [-0.25, -0.2) is 0 Å². The quantitative estimate of drug-likeness (QED) is 0.330. The highest BCUT2D eigenvalue weighted by molar-refractivity contribution is 5.94. The van der Waals surface area contributed by atoms with Crippen molar-refractivity contribution < 1.29 is 23.7 Å². The molecule has 8 heteroatoms. The van der Waals surface area contributed by atoms with Crippen molar-refractivity contribution in [1.82, 2.24) is 5.32 Å². The van der Waals surface area contributed by atoms with E-state index < -0.39 is 0 Å². The summed E-state index contributed by atoms with van der Waals surface area (Å²) < 4.78 is 27.0. The predicted octanol–water partition coefficient (Wildman–Crippen LogP) is 3.32. The van der Waals surface area contributed by atoms with Crippen LogP contribution in [0.15, 0.2) is 41.4 Å². The number of nitrogens with zero attached hydrogens (tertiary/aromatic N) is 1. The molecule has 164 valence electrons. The molecule has 2 aromatic rings. The van der Waals surface area contributed by atoms with Gasteiger partial charge in [-0.3, -0.25) is 4.99 Å². The highest BCUT2D eigenvalue weighted by Crippen LogP contribution is 2.39. The molecule has 0 fully saturated rings. The second kappa shape index (κ2) is 12.4. The highest BCUT2D eigenvalue weighted by atomic mass is 16.5. The van der Waals surface area contributed by atoms with E-state index in [0.717, 1.165) is 23.4 Å². The van der Waals surface area contributed by atoms with Gasteiger partial charge >= 0.3 is 0 Å². The summed E-state index contributed by atoms with van der Waals surface area (Å²) in [5, 5.41) is 6.53. The van der Waals surface area contributed by atoms with Gasteiger partial charge in [-0.2, -0.15) is 0 Å². The molecule has 8 nitrogen and oxygen atoms in total. The Hall–Kier alpha value is -3.13. The molecule has 0 aliphatic rings. The van der Waals surface area contributed by atoms with E-state index in [4.69, 9.17) is 23.7 Å². The lowest BCUT2D eigenvalue weighted by molar-refractivity contribution is 0.172. The minimum absolute atomic E-state index is 0.538. The van der Waals surface area contributed by atoms with Crippen molar-refractivity contribution in [2.45, 2.75) is 13.0 Å². The summed E-state index contributed by atoms with van der Waals surface area (Å²) >= 11 is 0. The minimum atomic E-state index is 0.538. The van der Waals surface area contributed by atoms with Crippen LogP contribution in [0.1, 0.15) is 12.0 Å². The molecule has 0 bridgehead atoms. The molecule has 0 saturated heterocycles.